The van der Waals surface area contributed by atoms with E-state index in [1.165, 1.54) is 0 Å². The topological polar surface area (TPSA) is 43.8 Å². The van der Waals surface area contributed by atoms with Crippen molar-refractivity contribution in [3.63, 3.8) is 0 Å². The molecule has 0 amide bonds. The lowest BCUT2D eigenvalue weighted by Crippen LogP contribution is -2.17. The fourth-order valence-electron chi connectivity index (χ4n) is 1.85. The second-order valence-electron chi connectivity index (χ2n) is 4.06. The SMILES string of the molecule is Cn1ncc(Br)c1C(N)Cc1ccc(Cl)c(Cl)c1. The van der Waals surface area contributed by atoms with Crippen molar-refractivity contribution in [2.24, 2.45) is 12.8 Å². The van der Waals surface area contributed by atoms with Crippen molar-refractivity contribution in [2.75, 3.05) is 0 Å². The molecule has 18 heavy (non-hydrogen) atoms. The standard InChI is InChI=1S/C12H12BrCl2N3/c1-18-12(8(13)6-17-18)11(16)5-7-2-3-9(14)10(15)4-7/h2-4,6,11H,5,16H2,1H3. The number of aromatic nitrogens is 2. The molecule has 0 saturated carbocycles. The van der Waals surface area contributed by atoms with E-state index in [9.17, 15) is 0 Å². The average molecular weight is 349 g/mol. The summed E-state index contributed by atoms with van der Waals surface area (Å²) in [4.78, 5) is 0. The van der Waals surface area contributed by atoms with E-state index >= 15 is 0 Å². The third-order valence-corrected chi connectivity index (χ3v) is 4.08. The van der Waals surface area contributed by atoms with Gasteiger partial charge in [-0.2, -0.15) is 5.10 Å². The summed E-state index contributed by atoms with van der Waals surface area (Å²) in [5.41, 5.74) is 8.20. The van der Waals surface area contributed by atoms with Gasteiger partial charge in [-0.3, -0.25) is 4.68 Å². The van der Waals surface area contributed by atoms with Gasteiger partial charge < -0.3 is 5.73 Å². The number of benzene rings is 1. The lowest BCUT2D eigenvalue weighted by molar-refractivity contribution is 0.615. The van der Waals surface area contributed by atoms with Crippen LogP contribution in [0, 0.1) is 0 Å². The summed E-state index contributed by atoms with van der Waals surface area (Å²) in [6.07, 6.45) is 2.42. The van der Waals surface area contributed by atoms with E-state index in [4.69, 9.17) is 28.9 Å². The van der Waals surface area contributed by atoms with Gasteiger partial charge >= 0.3 is 0 Å². The van der Waals surface area contributed by atoms with Crippen molar-refractivity contribution in [2.45, 2.75) is 12.5 Å². The van der Waals surface area contributed by atoms with Crippen molar-refractivity contribution in [3.05, 3.63) is 50.2 Å². The van der Waals surface area contributed by atoms with Crippen LogP contribution in [0.4, 0.5) is 0 Å². The molecule has 0 aliphatic carbocycles. The number of halogens is 3. The van der Waals surface area contributed by atoms with Crippen LogP contribution >= 0.6 is 39.1 Å². The van der Waals surface area contributed by atoms with Gasteiger partial charge in [0.15, 0.2) is 0 Å². The van der Waals surface area contributed by atoms with Crippen LogP contribution in [0.5, 0.6) is 0 Å². The third-order valence-electron chi connectivity index (χ3n) is 2.73. The Balaban J connectivity index is 2.21. The van der Waals surface area contributed by atoms with Gasteiger partial charge in [0.1, 0.15) is 0 Å². The first-order valence-electron chi connectivity index (χ1n) is 5.36. The van der Waals surface area contributed by atoms with Crippen LogP contribution < -0.4 is 5.73 Å². The predicted molar refractivity (Wildman–Crippen MR) is 78.0 cm³/mol. The predicted octanol–water partition coefficient (Wildman–Crippen LogP) is 3.73. The van der Waals surface area contributed by atoms with Crippen LogP contribution in [0.15, 0.2) is 28.9 Å². The van der Waals surface area contributed by atoms with E-state index in [1.807, 2.05) is 19.2 Å². The third kappa shape index (κ3) is 2.88. The Labute approximate surface area is 124 Å². The molecule has 2 N–H and O–H groups in total. The van der Waals surface area contributed by atoms with E-state index in [1.54, 1.807) is 16.9 Å². The summed E-state index contributed by atoms with van der Waals surface area (Å²) in [6.45, 7) is 0. The summed E-state index contributed by atoms with van der Waals surface area (Å²) in [6, 6.07) is 5.40. The fraction of sp³-hybridized carbons (Fsp3) is 0.250. The first-order chi connectivity index (χ1) is 8.49. The van der Waals surface area contributed by atoms with Crippen LogP contribution in [0.2, 0.25) is 10.0 Å². The van der Waals surface area contributed by atoms with Gasteiger partial charge in [-0.05, 0) is 40.0 Å². The van der Waals surface area contributed by atoms with Crippen molar-refractivity contribution >= 4 is 39.1 Å². The van der Waals surface area contributed by atoms with Crippen molar-refractivity contribution in [3.8, 4) is 0 Å². The van der Waals surface area contributed by atoms with E-state index in [-0.39, 0.29) is 6.04 Å². The molecule has 0 radical (unpaired) electrons. The highest BCUT2D eigenvalue weighted by atomic mass is 79.9. The number of nitrogens with two attached hydrogens (primary N) is 1. The minimum atomic E-state index is -0.149. The number of hydrogen-bond donors (Lipinski definition) is 1. The van der Waals surface area contributed by atoms with E-state index < -0.39 is 0 Å². The molecule has 1 aromatic heterocycles. The number of rotatable bonds is 3. The fourth-order valence-corrected chi connectivity index (χ4v) is 2.82. The van der Waals surface area contributed by atoms with E-state index in [0.717, 1.165) is 15.7 Å². The molecule has 1 aromatic carbocycles. The van der Waals surface area contributed by atoms with Crippen molar-refractivity contribution < 1.29 is 0 Å². The zero-order chi connectivity index (χ0) is 13.3. The smallest absolute Gasteiger partial charge is 0.0693 e. The first-order valence-corrected chi connectivity index (χ1v) is 6.91. The molecule has 0 bridgehead atoms. The van der Waals surface area contributed by atoms with Gasteiger partial charge in [-0.25, -0.2) is 0 Å². The highest BCUT2D eigenvalue weighted by Crippen LogP contribution is 2.27. The van der Waals surface area contributed by atoms with Gasteiger partial charge in [-0.1, -0.05) is 29.3 Å². The van der Waals surface area contributed by atoms with Crippen LogP contribution in [0.25, 0.3) is 0 Å². The molecule has 0 spiro atoms. The van der Waals surface area contributed by atoms with Crippen LogP contribution in [-0.4, -0.2) is 9.78 Å². The minimum absolute atomic E-state index is 0.149. The van der Waals surface area contributed by atoms with Gasteiger partial charge in [0, 0.05) is 7.05 Å². The molecular formula is C12H12BrCl2N3. The summed E-state index contributed by atoms with van der Waals surface area (Å²) in [5.74, 6) is 0. The normalized spacial score (nSPS) is 12.7. The molecule has 6 heteroatoms. The lowest BCUT2D eigenvalue weighted by Gasteiger charge is -2.13. The minimum Gasteiger partial charge on any atom is -0.322 e. The van der Waals surface area contributed by atoms with E-state index in [0.29, 0.717) is 16.5 Å². The molecule has 1 unspecified atom stereocenters. The lowest BCUT2D eigenvalue weighted by atomic mass is 10.0. The molecule has 0 fully saturated rings. The second-order valence-corrected chi connectivity index (χ2v) is 5.73. The maximum absolute atomic E-state index is 6.19. The zero-order valence-electron chi connectivity index (χ0n) is 9.70. The first kappa shape index (κ1) is 13.9. The highest BCUT2D eigenvalue weighted by Gasteiger charge is 2.15. The van der Waals surface area contributed by atoms with Crippen LogP contribution in [-0.2, 0) is 13.5 Å². The second kappa shape index (κ2) is 5.61. The molecule has 0 saturated heterocycles. The average Bonchev–Trinajstić information content (AvgIpc) is 2.64. The zero-order valence-corrected chi connectivity index (χ0v) is 12.8. The molecule has 1 atom stereocenters. The Kier molecular flexibility index (Phi) is 4.33. The Hall–Kier alpha value is -0.550. The Morgan fingerprint density at radius 1 is 1.39 bits per heavy atom. The van der Waals surface area contributed by atoms with E-state index in [2.05, 4.69) is 21.0 Å². The number of hydrogen-bond acceptors (Lipinski definition) is 2. The largest absolute Gasteiger partial charge is 0.322 e. The van der Waals surface area contributed by atoms with Gasteiger partial charge in [0.25, 0.3) is 0 Å². The highest BCUT2D eigenvalue weighted by molar-refractivity contribution is 9.10. The molecule has 2 aromatic rings. The molecule has 0 aliphatic rings. The number of nitrogens with zero attached hydrogens (tertiary/aromatic N) is 2. The maximum atomic E-state index is 6.19. The number of aryl methyl sites for hydroxylation is 1. The molecule has 3 nitrogen and oxygen atoms in total. The molecular weight excluding hydrogens is 337 g/mol. The monoisotopic (exact) mass is 347 g/mol. The van der Waals surface area contributed by atoms with Crippen LogP contribution in [0.1, 0.15) is 17.3 Å². The summed E-state index contributed by atoms with van der Waals surface area (Å²) < 4.78 is 2.68. The molecule has 0 aliphatic heterocycles. The maximum Gasteiger partial charge on any atom is 0.0693 e. The van der Waals surface area contributed by atoms with Gasteiger partial charge in [-0.15, -0.1) is 0 Å². The summed E-state index contributed by atoms with van der Waals surface area (Å²) >= 11 is 15.3. The van der Waals surface area contributed by atoms with Crippen molar-refractivity contribution in [1.82, 2.24) is 9.78 Å². The quantitative estimate of drug-likeness (QED) is 0.918. The van der Waals surface area contributed by atoms with Gasteiger partial charge in [0.05, 0.1) is 32.5 Å². The Morgan fingerprint density at radius 3 is 2.67 bits per heavy atom. The molecule has 2 rings (SSSR count). The summed E-state index contributed by atoms with van der Waals surface area (Å²) in [7, 11) is 1.87. The Bertz CT molecular complexity index is 549. The van der Waals surface area contributed by atoms with Crippen LogP contribution in [0.3, 0.4) is 0 Å². The molecule has 1 heterocycles. The Morgan fingerprint density at radius 2 is 2.11 bits per heavy atom. The summed E-state index contributed by atoms with van der Waals surface area (Å²) in [5, 5.41) is 5.25. The molecule has 96 valence electrons. The van der Waals surface area contributed by atoms with Gasteiger partial charge in [0.2, 0.25) is 0 Å². The van der Waals surface area contributed by atoms with Crippen molar-refractivity contribution in [1.29, 1.82) is 0 Å².